The maximum atomic E-state index is 12.0. The Kier molecular flexibility index (Phi) is 3.57. The minimum absolute atomic E-state index is 0.0244. The number of rotatable bonds is 2. The standard InChI is InChI=1S/C14H16O5/c1-18-12(16)14(13(17)19-2)7-9-5-3-4-6-10(9)11(15)8-14/h3-6,11,15H,7-8H2,1-2H3. The van der Waals surface area contributed by atoms with Gasteiger partial charge in [-0.2, -0.15) is 0 Å². The third kappa shape index (κ3) is 2.10. The number of hydrogen-bond acceptors (Lipinski definition) is 5. The number of carbonyl (C=O) groups is 2. The first-order valence-electron chi connectivity index (χ1n) is 5.98. The van der Waals surface area contributed by atoms with Gasteiger partial charge in [-0.15, -0.1) is 0 Å². The Hall–Kier alpha value is -1.88. The number of aliphatic hydroxyl groups is 1. The molecule has 102 valence electrons. The molecule has 1 atom stereocenters. The van der Waals surface area contributed by atoms with Crippen molar-refractivity contribution in [3.05, 3.63) is 35.4 Å². The van der Waals surface area contributed by atoms with Crippen molar-refractivity contribution in [2.45, 2.75) is 18.9 Å². The summed E-state index contributed by atoms with van der Waals surface area (Å²) in [5, 5.41) is 10.2. The van der Waals surface area contributed by atoms with E-state index < -0.39 is 23.5 Å². The van der Waals surface area contributed by atoms with Gasteiger partial charge in [0, 0.05) is 6.42 Å². The van der Waals surface area contributed by atoms with Gasteiger partial charge in [0.15, 0.2) is 5.41 Å². The SMILES string of the molecule is COC(=O)C1(C(=O)OC)Cc2ccccc2C(O)C1. The molecule has 1 N–H and O–H groups in total. The summed E-state index contributed by atoms with van der Waals surface area (Å²) in [5.74, 6) is -1.35. The van der Waals surface area contributed by atoms with Crippen molar-refractivity contribution in [2.24, 2.45) is 5.41 Å². The molecule has 0 bridgehead atoms. The van der Waals surface area contributed by atoms with Crippen molar-refractivity contribution in [2.75, 3.05) is 14.2 Å². The Bertz CT molecular complexity index is 492. The zero-order valence-corrected chi connectivity index (χ0v) is 10.9. The van der Waals surface area contributed by atoms with Crippen LogP contribution in [-0.2, 0) is 25.5 Å². The first-order valence-corrected chi connectivity index (χ1v) is 5.98. The molecule has 1 aromatic rings. The first-order chi connectivity index (χ1) is 9.05. The minimum atomic E-state index is -1.46. The van der Waals surface area contributed by atoms with E-state index >= 15 is 0 Å². The van der Waals surface area contributed by atoms with E-state index in [1.165, 1.54) is 14.2 Å². The van der Waals surface area contributed by atoms with Crippen LogP contribution in [0.5, 0.6) is 0 Å². The molecule has 19 heavy (non-hydrogen) atoms. The fourth-order valence-electron chi connectivity index (χ4n) is 2.64. The molecule has 0 amide bonds. The minimum Gasteiger partial charge on any atom is -0.468 e. The summed E-state index contributed by atoms with van der Waals surface area (Å²) in [6.45, 7) is 0. The molecule has 0 spiro atoms. The highest BCUT2D eigenvalue weighted by Gasteiger charge is 2.52. The summed E-state index contributed by atoms with van der Waals surface area (Å²) in [6, 6.07) is 7.19. The number of aliphatic hydroxyl groups excluding tert-OH is 1. The maximum Gasteiger partial charge on any atom is 0.323 e. The fraction of sp³-hybridized carbons (Fsp3) is 0.429. The van der Waals surface area contributed by atoms with Crippen molar-refractivity contribution < 1.29 is 24.2 Å². The summed E-state index contributed by atoms with van der Waals surface area (Å²) in [7, 11) is 2.44. The molecule has 2 rings (SSSR count). The predicted octanol–water partition coefficient (Wildman–Crippen LogP) is 0.999. The van der Waals surface area contributed by atoms with Crippen LogP contribution in [-0.4, -0.2) is 31.3 Å². The Morgan fingerprint density at radius 2 is 1.79 bits per heavy atom. The fourth-order valence-corrected chi connectivity index (χ4v) is 2.64. The van der Waals surface area contributed by atoms with Crippen LogP contribution in [0.2, 0.25) is 0 Å². The van der Waals surface area contributed by atoms with Gasteiger partial charge in [0.1, 0.15) is 0 Å². The van der Waals surface area contributed by atoms with E-state index in [4.69, 9.17) is 9.47 Å². The van der Waals surface area contributed by atoms with Crippen LogP contribution in [0.15, 0.2) is 24.3 Å². The normalized spacial score (nSPS) is 20.3. The van der Waals surface area contributed by atoms with E-state index in [0.29, 0.717) is 0 Å². The van der Waals surface area contributed by atoms with Gasteiger partial charge in [-0.25, -0.2) is 0 Å². The molecule has 0 aliphatic heterocycles. The topological polar surface area (TPSA) is 72.8 Å². The van der Waals surface area contributed by atoms with Crippen LogP contribution in [0.25, 0.3) is 0 Å². The van der Waals surface area contributed by atoms with Gasteiger partial charge in [-0.05, 0) is 17.5 Å². The lowest BCUT2D eigenvalue weighted by atomic mass is 9.70. The van der Waals surface area contributed by atoms with E-state index in [2.05, 4.69) is 0 Å². The van der Waals surface area contributed by atoms with Crippen molar-refractivity contribution >= 4 is 11.9 Å². The van der Waals surface area contributed by atoms with Crippen LogP contribution in [0, 0.1) is 5.41 Å². The number of hydrogen-bond donors (Lipinski definition) is 1. The number of esters is 2. The third-order valence-electron chi connectivity index (χ3n) is 3.60. The first kappa shape index (κ1) is 13.5. The monoisotopic (exact) mass is 264 g/mol. The molecule has 1 unspecified atom stereocenters. The molecule has 1 aliphatic carbocycles. The second kappa shape index (κ2) is 5.01. The molecule has 1 aliphatic rings. The lowest BCUT2D eigenvalue weighted by molar-refractivity contribution is -0.172. The third-order valence-corrected chi connectivity index (χ3v) is 3.60. The molecule has 0 fully saturated rings. The van der Waals surface area contributed by atoms with Gasteiger partial charge in [0.25, 0.3) is 0 Å². The van der Waals surface area contributed by atoms with Gasteiger partial charge >= 0.3 is 11.9 Å². The van der Waals surface area contributed by atoms with Gasteiger partial charge in [-0.3, -0.25) is 9.59 Å². The quantitative estimate of drug-likeness (QED) is 0.637. The molecule has 1 aromatic carbocycles. The van der Waals surface area contributed by atoms with Crippen molar-refractivity contribution in [1.29, 1.82) is 0 Å². The van der Waals surface area contributed by atoms with Crippen LogP contribution >= 0.6 is 0 Å². The molecule has 0 aromatic heterocycles. The van der Waals surface area contributed by atoms with Crippen molar-refractivity contribution in [1.82, 2.24) is 0 Å². The van der Waals surface area contributed by atoms with E-state index in [0.717, 1.165) is 11.1 Å². The van der Waals surface area contributed by atoms with Crippen LogP contribution in [0.3, 0.4) is 0 Å². The zero-order valence-electron chi connectivity index (χ0n) is 10.9. The highest BCUT2D eigenvalue weighted by Crippen LogP contribution is 2.42. The molecular formula is C14H16O5. The highest BCUT2D eigenvalue weighted by atomic mass is 16.5. The second-order valence-electron chi connectivity index (χ2n) is 4.66. The lowest BCUT2D eigenvalue weighted by Crippen LogP contribution is -2.46. The van der Waals surface area contributed by atoms with E-state index in [-0.39, 0.29) is 12.8 Å². The van der Waals surface area contributed by atoms with E-state index in [9.17, 15) is 14.7 Å². The number of fused-ring (bicyclic) bond motifs is 1. The van der Waals surface area contributed by atoms with E-state index in [1.54, 1.807) is 18.2 Å². The molecular weight excluding hydrogens is 248 g/mol. The molecule has 5 heteroatoms. The van der Waals surface area contributed by atoms with Crippen LogP contribution in [0.4, 0.5) is 0 Å². The summed E-state index contributed by atoms with van der Waals surface area (Å²) in [5.41, 5.74) is 0.0417. The van der Waals surface area contributed by atoms with Crippen molar-refractivity contribution in [3.63, 3.8) is 0 Å². The summed E-state index contributed by atoms with van der Waals surface area (Å²) in [6.07, 6.45) is -0.730. The maximum absolute atomic E-state index is 12.0. The number of benzene rings is 1. The highest BCUT2D eigenvalue weighted by molar-refractivity contribution is 6.00. The number of methoxy groups -OCH3 is 2. The average Bonchev–Trinajstić information content (AvgIpc) is 2.45. The molecule has 5 nitrogen and oxygen atoms in total. The van der Waals surface area contributed by atoms with Gasteiger partial charge in [-0.1, -0.05) is 24.3 Å². The van der Waals surface area contributed by atoms with Gasteiger partial charge in [0.2, 0.25) is 0 Å². The Balaban J connectivity index is 2.49. The number of ether oxygens (including phenoxy) is 2. The molecule has 0 heterocycles. The van der Waals surface area contributed by atoms with Gasteiger partial charge < -0.3 is 14.6 Å². The van der Waals surface area contributed by atoms with Crippen LogP contribution in [0.1, 0.15) is 23.7 Å². The van der Waals surface area contributed by atoms with E-state index in [1.807, 2.05) is 6.07 Å². The second-order valence-corrected chi connectivity index (χ2v) is 4.66. The number of carbonyl (C=O) groups excluding carboxylic acids is 2. The average molecular weight is 264 g/mol. The van der Waals surface area contributed by atoms with Crippen LogP contribution < -0.4 is 0 Å². The predicted molar refractivity (Wildman–Crippen MR) is 66.2 cm³/mol. The molecule has 0 radical (unpaired) electrons. The zero-order chi connectivity index (χ0) is 14.0. The largest absolute Gasteiger partial charge is 0.468 e. The molecule has 0 saturated carbocycles. The summed E-state index contributed by atoms with van der Waals surface area (Å²) < 4.78 is 9.46. The Morgan fingerprint density at radius 1 is 1.21 bits per heavy atom. The van der Waals surface area contributed by atoms with Crippen molar-refractivity contribution in [3.8, 4) is 0 Å². The summed E-state index contributed by atoms with van der Waals surface area (Å²) in [4.78, 5) is 24.0. The Morgan fingerprint density at radius 3 is 2.37 bits per heavy atom. The molecule has 0 saturated heterocycles. The summed E-state index contributed by atoms with van der Waals surface area (Å²) >= 11 is 0. The Labute approximate surface area is 111 Å². The smallest absolute Gasteiger partial charge is 0.323 e. The van der Waals surface area contributed by atoms with Gasteiger partial charge in [0.05, 0.1) is 20.3 Å². The lowest BCUT2D eigenvalue weighted by Gasteiger charge is -2.35.